The molecule has 0 amide bonds. The van der Waals surface area contributed by atoms with Crippen molar-refractivity contribution < 1.29 is 17.3 Å². The molecule has 0 radical (unpaired) electrons. The SMILES string of the molecule is COc1ccc2c(c1)-c1ccccc1S(=O)(=O)O2. The van der Waals surface area contributed by atoms with E-state index in [4.69, 9.17) is 8.92 Å². The molecule has 5 heteroatoms. The fourth-order valence-corrected chi connectivity index (χ4v) is 3.15. The molecular formula is C13H10O4S. The van der Waals surface area contributed by atoms with Crippen molar-refractivity contribution in [2.75, 3.05) is 7.11 Å². The third kappa shape index (κ3) is 1.55. The van der Waals surface area contributed by atoms with Gasteiger partial charge in [-0.25, -0.2) is 0 Å². The van der Waals surface area contributed by atoms with Gasteiger partial charge in [0, 0.05) is 11.1 Å². The summed E-state index contributed by atoms with van der Waals surface area (Å²) in [7, 11) is -2.15. The molecule has 18 heavy (non-hydrogen) atoms. The van der Waals surface area contributed by atoms with Gasteiger partial charge in [-0.1, -0.05) is 18.2 Å². The zero-order valence-electron chi connectivity index (χ0n) is 9.58. The number of ether oxygens (including phenoxy) is 1. The van der Waals surface area contributed by atoms with E-state index in [1.54, 1.807) is 43.5 Å². The molecular weight excluding hydrogens is 252 g/mol. The number of methoxy groups -OCH3 is 1. The number of fused-ring (bicyclic) bond motifs is 3. The Hall–Kier alpha value is -2.01. The van der Waals surface area contributed by atoms with Crippen LogP contribution in [-0.4, -0.2) is 15.5 Å². The first-order valence-electron chi connectivity index (χ1n) is 5.34. The second-order valence-electron chi connectivity index (χ2n) is 3.90. The zero-order chi connectivity index (χ0) is 12.8. The van der Waals surface area contributed by atoms with Crippen LogP contribution in [0.1, 0.15) is 0 Å². The zero-order valence-corrected chi connectivity index (χ0v) is 10.4. The standard InChI is InChI=1S/C13H10O4S/c1-16-9-6-7-12-11(8-9)10-4-2-3-5-13(10)18(14,15)17-12/h2-8H,1H3. The summed E-state index contributed by atoms with van der Waals surface area (Å²) >= 11 is 0. The van der Waals surface area contributed by atoms with E-state index in [0.29, 0.717) is 17.1 Å². The minimum absolute atomic E-state index is 0.186. The second kappa shape index (κ2) is 3.74. The maximum Gasteiger partial charge on any atom is 0.339 e. The van der Waals surface area contributed by atoms with E-state index in [1.165, 1.54) is 6.07 Å². The fraction of sp³-hybridized carbons (Fsp3) is 0.0769. The normalized spacial score (nSPS) is 15.2. The van der Waals surface area contributed by atoms with Crippen molar-refractivity contribution in [1.82, 2.24) is 0 Å². The summed E-state index contributed by atoms with van der Waals surface area (Å²) in [5.41, 5.74) is 1.36. The lowest BCUT2D eigenvalue weighted by Gasteiger charge is -2.20. The van der Waals surface area contributed by atoms with Gasteiger partial charge in [0.1, 0.15) is 10.6 Å². The fourth-order valence-electron chi connectivity index (χ4n) is 1.99. The van der Waals surface area contributed by atoms with Crippen LogP contribution in [0, 0.1) is 0 Å². The van der Waals surface area contributed by atoms with Crippen LogP contribution in [0.25, 0.3) is 11.1 Å². The van der Waals surface area contributed by atoms with Crippen LogP contribution in [0.15, 0.2) is 47.4 Å². The summed E-state index contributed by atoms with van der Waals surface area (Å²) in [6, 6.07) is 11.8. The van der Waals surface area contributed by atoms with Crippen molar-refractivity contribution in [3.63, 3.8) is 0 Å². The highest BCUT2D eigenvalue weighted by atomic mass is 32.2. The van der Waals surface area contributed by atoms with Gasteiger partial charge in [-0.05, 0) is 24.3 Å². The Morgan fingerprint density at radius 3 is 2.61 bits per heavy atom. The minimum Gasteiger partial charge on any atom is -0.497 e. The van der Waals surface area contributed by atoms with Crippen LogP contribution < -0.4 is 8.92 Å². The monoisotopic (exact) mass is 262 g/mol. The minimum atomic E-state index is -3.72. The smallest absolute Gasteiger partial charge is 0.339 e. The Bertz CT molecular complexity index is 720. The summed E-state index contributed by atoms with van der Waals surface area (Å²) in [4.78, 5) is 0.186. The van der Waals surface area contributed by atoms with Gasteiger partial charge in [0.2, 0.25) is 0 Å². The molecule has 1 aliphatic rings. The van der Waals surface area contributed by atoms with Crippen LogP contribution in [0.3, 0.4) is 0 Å². The summed E-state index contributed by atoms with van der Waals surface area (Å²) in [5, 5.41) is 0. The first kappa shape index (κ1) is 11.1. The molecule has 2 aromatic carbocycles. The third-order valence-electron chi connectivity index (χ3n) is 2.83. The lowest BCUT2D eigenvalue weighted by atomic mass is 10.0. The average molecular weight is 262 g/mol. The molecule has 0 fully saturated rings. The third-order valence-corrected chi connectivity index (χ3v) is 4.13. The van der Waals surface area contributed by atoms with Crippen molar-refractivity contribution in [1.29, 1.82) is 0 Å². The van der Waals surface area contributed by atoms with Gasteiger partial charge in [0.25, 0.3) is 0 Å². The predicted molar refractivity (Wildman–Crippen MR) is 66.2 cm³/mol. The van der Waals surface area contributed by atoms with Crippen molar-refractivity contribution in [2.45, 2.75) is 4.90 Å². The summed E-state index contributed by atoms with van der Waals surface area (Å²) < 4.78 is 34.1. The topological polar surface area (TPSA) is 52.6 Å². The van der Waals surface area contributed by atoms with Crippen molar-refractivity contribution in [3.05, 3.63) is 42.5 Å². The van der Waals surface area contributed by atoms with Crippen LogP contribution in [0.2, 0.25) is 0 Å². The Morgan fingerprint density at radius 1 is 1.06 bits per heavy atom. The van der Waals surface area contributed by atoms with Crippen LogP contribution in [0.4, 0.5) is 0 Å². The molecule has 2 aromatic rings. The average Bonchev–Trinajstić information content (AvgIpc) is 2.38. The Balaban J connectivity index is 2.34. The highest BCUT2D eigenvalue weighted by molar-refractivity contribution is 7.87. The predicted octanol–water partition coefficient (Wildman–Crippen LogP) is 2.44. The van der Waals surface area contributed by atoms with Gasteiger partial charge in [-0.2, -0.15) is 8.42 Å². The summed E-state index contributed by atoms with van der Waals surface area (Å²) in [6.45, 7) is 0. The molecule has 0 saturated heterocycles. The molecule has 0 bridgehead atoms. The second-order valence-corrected chi connectivity index (χ2v) is 5.41. The Morgan fingerprint density at radius 2 is 1.83 bits per heavy atom. The molecule has 1 aliphatic heterocycles. The molecule has 0 spiro atoms. The molecule has 92 valence electrons. The van der Waals surface area contributed by atoms with E-state index in [9.17, 15) is 8.42 Å². The highest BCUT2D eigenvalue weighted by Crippen LogP contribution is 2.42. The van der Waals surface area contributed by atoms with Gasteiger partial charge >= 0.3 is 10.1 Å². The highest BCUT2D eigenvalue weighted by Gasteiger charge is 2.29. The quantitative estimate of drug-likeness (QED) is 0.741. The first-order valence-corrected chi connectivity index (χ1v) is 6.74. The van der Waals surface area contributed by atoms with Crippen LogP contribution in [-0.2, 0) is 10.1 Å². The number of hydrogen-bond donors (Lipinski definition) is 0. The molecule has 0 N–H and O–H groups in total. The molecule has 0 aliphatic carbocycles. The van der Waals surface area contributed by atoms with E-state index >= 15 is 0 Å². The van der Waals surface area contributed by atoms with E-state index in [2.05, 4.69) is 0 Å². The number of rotatable bonds is 1. The largest absolute Gasteiger partial charge is 0.497 e. The van der Waals surface area contributed by atoms with Gasteiger partial charge in [-0.15, -0.1) is 0 Å². The summed E-state index contributed by atoms with van der Waals surface area (Å²) in [5.74, 6) is 0.987. The number of benzene rings is 2. The van der Waals surface area contributed by atoms with Crippen LogP contribution in [0.5, 0.6) is 11.5 Å². The van der Waals surface area contributed by atoms with Crippen molar-refractivity contribution in [2.24, 2.45) is 0 Å². The maximum absolute atomic E-state index is 11.9. The Labute approximate surface area is 105 Å². The molecule has 1 heterocycles. The molecule has 4 nitrogen and oxygen atoms in total. The van der Waals surface area contributed by atoms with E-state index < -0.39 is 10.1 Å². The van der Waals surface area contributed by atoms with E-state index in [0.717, 1.165) is 5.56 Å². The molecule has 0 unspecified atom stereocenters. The van der Waals surface area contributed by atoms with E-state index in [-0.39, 0.29) is 4.90 Å². The first-order chi connectivity index (χ1) is 8.62. The van der Waals surface area contributed by atoms with Crippen LogP contribution >= 0.6 is 0 Å². The van der Waals surface area contributed by atoms with Gasteiger partial charge in [-0.3, -0.25) is 0 Å². The lowest BCUT2D eigenvalue weighted by molar-refractivity contribution is 0.413. The number of hydrogen-bond acceptors (Lipinski definition) is 4. The summed E-state index contributed by atoms with van der Waals surface area (Å²) in [6.07, 6.45) is 0. The van der Waals surface area contributed by atoms with Gasteiger partial charge in [0.05, 0.1) is 7.11 Å². The maximum atomic E-state index is 11.9. The van der Waals surface area contributed by atoms with Gasteiger partial charge < -0.3 is 8.92 Å². The van der Waals surface area contributed by atoms with Crippen molar-refractivity contribution >= 4 is 10.1 Å². The van der Waals surface area contributed by atoms with Crippen molar-refractivity contribution in [3.8, 4) is 22.6 Å². The molecule has 0 aromatic heterocycles. The lowest BCUT2D eigenvalue weighted by Crippen LogP contribution is -2.15. The molecule has 0 atom stereocenters. The van der Waals surface area contributed by atoms with E-state index in [1.807, 2.05) is 0 Å². The molecule has 3 rings (SSSR count). The van der Waals surface area contributed by atoms with Gasteiger partial charge in [0.15, 0.2) is 5.75 Å². The Kier molecular flexibility index (Phi) is 2.31. The molecule has 0 saturated carbocycles.